The molecule has 0 fully saturated rings. The molecule has 0 aliphatic rings. The van der Waals surface area contributed by atoms with E-state index in [-0.39, 0.29) is 5.91 Å². The second-order valence-corrected chi connectivity index (χ2v) is 6.79. The molecule has 0 radical (unpaired) electrons. The van der Waals surface area contributed by atoms with Crippen molar-refractivity contribution < 1.29 is 4.79 Å². The third-order valence-corrected chi connectivity index (χ3v) is 4.71. The van der Waals surface area contributed by atoms with E-state index in [9.17, 15) is 4.79 Å². The Morgan fingerprint density at radius 1 is 1.04 bits per heavy atom. The average Bonchev–Trinajstić information content (AvgIpc) is 3.13. The third-order valence-electron chi connectivity index (χ3n) is 4.71. The number of hydrogen-bond acceptors (Lipinski definition) is 3. The lowest BCUT2D eigenvalue weighted by Crippen LogP contribution is -2.12. The summed E-state index contributed by atoms with van der Waals surface area (Å²) in [5.41, 5.74) is 4.87. The maximum Gasteiger partial charge on any atom is 0.255 e. The first-order chi connectivity index (χ1) is 13.7. The molecular weight excluding hydrogens is 348 g/mol. The first kappa shape index (κ1) is 17.8. The van der Waals surface area contributed by atoms with Crippen molar-refractivity contribution in [3.05, 3.63) is 89.7 Å². The van der Waals surface area contributed by atoms with Crippen LogP contribution in [-0.4, -0.2) is 22.4 Å². The van der Waals surface area contributed by atoms with Gasteiger partial charge >= 0.3 is 0 Å². The minimum atomic E-state index is -0.137. The average molecular weight is 370 g/mol. The predicted molar refractivity (Wildman–Crippen MR) is 114 cm³/mol. The fraction of sp³-hybridized carbons (Fsp3) is 0.130. The molecule has 0 bridgehead atoms. The summed E-state index contributed by atoms with van der Waals surface area (Å²) in [5.74, 6) is 0.648. The number of hydrogen-bond donors (Lipinski definition) is 3. The molecule has 28 heavy (non-hydrogen) atoms. The Morgan fingerprint density at radius 3 is 2.64 bits per heavy atom. The molecule has 2 aromatic carbocycles. The number of anilines is 2. The van der Waals surface area contributed by atoms with Gasteiger partial charge < -0.3 is 15.6 Å². The maximum atomic E-state index is 12.3. The van der Waals surface area contributed by atoms with E-state index in [2.05, 4.69) is 45.0 Å². The lowest BCUT2D eigenvalue weighted by molar-refractivity contribution is 0.102. The number of fused-ring (bicyclic) bond motifs is 1. The van der Waals surface area contributed by atoms with Gasteiger partial charge in [0.15, 0.2) is 0 Å². The van der Waals surface area contributed by atoms with E-state index < -0.39 is 0 Å². The molecule has 4 rings (SSSR count). The van der Waals surface area contributed by atoms with Gasteiger partial charge in [0.1, 0.15) is 5.82 Å². The first-order valence-corrected chi connectivity index (χ1v) is 9.32. The molecule has 4 aromatic rings. The van der Waals surface area contributed by atoms with E-state index in [1.807, 2.05) is 49.4 Å². The molecule has 0 atom stereocenters. The van der Waals surface area contributed by atoms with Crippen LogP contribution in [0.15, 0.2) is 73.1 Å². The van der Waals surface area contributed by atoms with Gasteiger partial charge in [-0.3, -0.25) is 4.79 Å². The number of aromatic nitrogens is 2. The highest BCUT2D eigenvalue weighted by molar-refractivity contribution is 6.04. The monoisotopic (exact) mass is 370 g/mol. The van der Waals surface area contributed by atoms with Crippen molar-refractivity contribution in [2.24, 2.45) is 0 Å². The smallest absolute Gasteiger partial charge is 0.255 e. The Bertz CT molecular complexity index is 1080. The summed E-state index contributed by atoms with van der Waals surface area (Å²) in [7, 11) is 0. The fourth-order valence-electron chi connectivity index (χ4n) is 3.14. The molecule has 0 spiro atoms. The highest BCUT2D eigenvalue weighted by Crippen LogP contribution is 2.18. The van der Waals surface area contributed by atoms with Gasteiger partial charge in [-0.25, -0.2) is 4.98 Å². The van der Waals surface area contributed by atoms with Crippen LogP contribution >= 0.6 is 0 Å². The number of H-pyrrole nitrogens is 1. The van der Waals surface area contributed by atoms with Gasteiger partial charge in [0.2, 0.25) is 0 Å². The SMILES string of the molecule is Cc1ccc(C(=O)Nc2ccc(NCCc3c[nH]c4ccccc34)nc2)cc1. The second-order valence-electron chi connectivity index (χ2n) is 6.79. The zero-order chi connectivity index (χ0) is 19.3. The second kappa shape index (κ2) is 7.96. The summed E-state index contributed by atoms with van der Waals surface area (Å²) in [6, 6.07) is 19.5. The number of carbonyl (C=O) groups excluding carboxylic acids is 1. The number of benzene rings is 2. The number of rotatable bonds is 6. The highest BCUT2D eigenvalue weighted by atomic mass is 16.1. The van der Waals surface area contributed by atoms with Gasteiger partial charge in [-0.05, 0) is 49.2 Å². The summed E-state index contributed by atoms with van der Waals surface area (Å²) in [4.78, 5) is 19.9. The van der Waals surface area contributed by atoms with Crippen molar-refractivity contribution in [1.82, 2.24) is 9.97 Å². The number of carbonyl (C=O) groups is 1. The molecule has 1 amide bonds. The summed E-state index contributed by atoms with van der Waals surface area (Å²) in [6.45, 7) is 2.78. The molecule has 2 heterocycles. The Morgan fingerprint density at radius 2 is 1.86 bits per heavy atom. The van der Waals surface area contributed by atoms with Gasteiger partial charge in [-0.1, -0.05) is 35.9 Å². The fourth-order valence-corrected chi connectivity index (χ4v) is 3.14. The van der Waals surface area contributed by atoms with Crippen LogP contribution in [0.25, 0.3) is 10.9 Å². The summed E-state index contributed by atoms with van der Waals surface area (Å²) in [6.07, 6.45) is 4.63. The minimum absolute atomic E-state index is 0.137. The molecule has 0 saturated carbocycles. The van der Waals surface area contributed by atoms with Crippen LogP contribution in [0.3, 0.4) is 0 Å². The number of para-hydroxylation sites is 1. The van der Waals surface area contributed by atoms with E-state index in [1.54, 1.807) is 6.20 Å². The molecule has 5 heteroatoms. The number of aromatic amines is 1. The van der Waals surface area contributed by atoms with Gasteiger partial charge in [-0.2, -0.15) is 0 Å². The van der Waals surface area contributed by atoms with Crippen molar-refractivity contribution in [2.45, 2.75) is 13.3 Å². The van der Waals surface area contributed by atoms with Crippen molar-refractivity contribution in [3.8, 4) is 0 Å². The molecule has 0 unspecified atom stereocenters. The van der Waals surface area contributed by atoms with Crippen molar-refractivity contribution in [3.63, 3.8) is 0 Å². The largest absolute Gasteiger partial charge is 0.370 e. The Kier molecular flexibility index (Phi) is 5.06. The van der Waals surface area contributed by atoms with Gasteiger partial charge in [-0.15, -0.1) is 0 Å². The van der Waals surface area contributed by atoms with Crippen LogP contribution in [0, 0.1) is 6.92 Å². The molecule has 0 saturated heterocycles. The van der Waals surface area contributed by atoms with Crippen molar-refractivity contribution in [1.29, 1.82) is 0 Å². The first-order valence-electron chi connectivity index (χ1n) is 9.32. The number of amides is 1. The van der Waals surface area contributed by atoms with Gasteiger partial charge in [0.05, 0.1) is 11.9 Å². The highest BCUT2D eigenvalue weighted by Gasteiger charge is 2.06. The zero-order valence-electron chi connectivity index (χ0n) is 15.7. The van der Waals surface area contributed by atoms with Crippen molar-refractivity contribution >= 4 is 28.3 Å². The lowest BCUT2D eigenvalue weighted by Gasteiger charge is -2.08. The van der Waals surface area contributed by atoms with E-state index in [0.29, 0.717) is 11.3 Å². The van der Waals surface area contributed by atoms with Crippen LogP contribution in [0.4, 0.5) is 11.5 Å². The number of pyridine rings is 1. The maximum absolute atomic E-state index is 12.3. The number of nitrogens with one attached hydrogen (secondary N) is 3. The van der Waals surface area contributed by atoms with Crippen LogP contribution in [0.5, 0.6) is 0 Å². The van der Waals surface area contributed by atoms with Crippen molar-refractivity contribution in [2.75, 3.05) is 17.2 Å². The predicted octanol–water partition coefficient (Wildman–Crippen LogP) is 4.78. The van der Waals surface area contributed by atoms with E-state index in [1.165, 1.54) is 10.9 Å². The Balaban J connectivity index is 1.32. The summed E-state index contributed by atoms with van der Waals surface area (Å²) >= 11 is 0. The quantitative estimate of drug-likeness (QED) is 0.457. The molecule has 140 valence electrons. The topological polar surface area (TPSA) is 69.8 Å². The van der Waals surface area contributed by atoms with E-state index >= 15 is 0 Å². The van der Waals surface area contributed by atoms with Gasteiger partial charge in [0.25, 0.3) is 5.91 Å². The Labute approximate surface area is 163 Å². The van der Waals surface area contributed by atoms with E-state index in [4.69, 9.17) is 0 Å². The van der Waals surface area contributed by atoms with Crippen LogP contribution in [-0.2, 0) is 6.42 Å². The van der Waals surface area contributed by atoms with Crippen LogP contribution in [0.1, 0.15) is 21.5 Å². The molecule has 0 aliphatic carbocycles. The zero-order valence-corrected chi connectivity index (χ0v) is 15.7. The van der Waals surface area contributed by atoms with E-state index in [0.717, 1.165) is 29.9 Å². The molecule has 0 aliphatic heterocycles. The molecule has 5 nitrogen and oxygen atoms in total. The summed E-state index contributed by atoms with van der Waals surface area (Å²) in [5, 5.41) is 7.45. The number of aryl methyl sites for hydroxylation is 1. The third kappa shape index (κ3) is 4.04. The summed E-state index contributed by atoms with van der Waals surface area (Å²) < 4.78 is 0. The molecule has 3 N–H and O–H groups in total. The standard InChI is InChI=1S/C23H22N4O/c1-16-6-8-17(9-7-16)23(28)27-19-10-11-22(26-15-19)24-13-12-18-14-25-21-5-3-2-4-20(18)21/h2-11,14-15,25H,12-13H2,1H3,(H,24,26)(H,27,28). The normalized spacial score (nSPS) is 10.8. The lowest BCUT2D eigenvalue weighted by atomic mass is 10.1. The van der Waals surface area contributed by atoms with Crippen LogP contribution in [0.2, 0.25) is 0 Å². The Hall–Kier alpha value is -3.60. The van der Waals surface area contributed by atoms with Crippen LogP contribution < -0.4 is 10.6 Å². The number of nitrogens with zero attached hydrogens (tertiary/aromatic N) is 1. The minimum Gasteiger partial charge on any atom is -0.370 e. The molecule has 2 aromatic heterocycles. The molecular formula is C23H22N4O. The van der Waals surface area contributed by atoms with Gasteiger partial charge in [0, 0.05) is 29.2 Å².